The number of anilines is 2. The number of fused-ring (bicyclic) bond motifs is 2. The molecule has 128 valence electrons. The van der Waals surface area contributed by atoms with Crippen LogP contribution in [0.4, 0.5) is 16.2 Å². The van der Waals surface area contributed by atoms with E-state index in [1.54, 1.807) is 4.90 Å². The van der Waals surface area contributed by atoms with Crippen molar-refractivity contribution in [2.24, 2.45) is 0 Å². The fourth-order valence-corrected chi connectivity index (χ4v) is 3.65. The molecule has 0 aliphatic carbocycles. The molecule has 2 aliphatic heterocycles. The molecule has 0 bridgehead atoms. The molecule has 2 aromatic carbocycles. The number of urea groups is 1. The maximum atomic E-state index is 12.5. The lowest BCUT2D eigenvalue weighted by Crippen LogP contribution is -2.41. The van der Waals surface area contributed by atoms with Gasteiger partial charge in [0.2, 0.25) is 5.91 Å². The van der Waals surface area contributed by atoms with Gasteiger partial charge in [-0.25, -0.2) is 4.79 Å². The van der Waals surface area contributed by atoms with E-state index in [0.29, 0.717) is 19.5 Å². The van der Waals surface area contributed by atoms with Crippen molar-refractivity contribution in [1.29, 1.82) is 0 Å². The smallest absolute Gasteiger partial charge is 0.321 e. The number of amides is 3. The van der Waals surface area contributed by atoms with E-state index >= 15 is 0 Å². The Morgan fingerprint density at radius 2 is 1.40 bits per heavy atom. The normalized spacial score (nSPS) is 15.0. The average molecular weight is 335 g/mol. The molecule has 2 heterocycles. The molecule has 0 atom stereocenters. The van der Waals surface area contributed by atoms with Gasteiger partial charge in [-0.05, 0) is 36.1 Å². The molecule has 0 aromatic heterocycles. The van der Waals surface area contributed by atoms with Gasteiger partial charge in [-0.15, -0.1) is 0 Å². The third-order valence-corrected chi connectivity index (χ3v) is 4.94. The van der Waals surface area contributed by atoms with E-state index in [2.05, 4.69) is 17.4 Å². The highest BCUT2D eigenvalue weighted by Gasteiger charge is 2.26. The highest BCUT2D eigenvalue weighted by Crippen LogP contribution is 2.28. The predicted octanol–water partition coefficient (Wildman–Crippen LogP) is 2.74. The molecular weight excluding hydrogens is 314 g/mol. The van der Waals surface area contributed by atoms with Crippen LogP contribution in [0.1, 0.15) is 17.5 Å². The molecule has 0 unspecified atom stereocenters. The van der Waals surface area contributed by atoms with Gasteiger partial charge in [0.05, 0.1) is 0 Å². The second-order valence-corrected chi connectivity index (χ2v) is 6.44. The molecule has 0 fully saturated rings. The number of para-hydroxylation sites is 2. The predicted molar refractivity (Wildman–Crippen MR) is 98.0 cm³/mol. The summed E-state index contributed by atoms with van der Waals surface area (Å²) in [5.74, 6) is 0.0621. The van der Waals surface area contributed by atoms with E-state index in [0.717, 1.165) is 30.8 Å². The van der Waals surface area contributed by atoms with Crippen molar-refractivity contribution in [3.63, 3.8) is 0 Å². The molecule has 1 N–H and O–H groups in total. The summed E-state index contributed by atoms with van der Waals surface area (Å²) in [6.45, 7) is 1.78. The second kappa shape index (κ2) is 6.59. The molecular formula is C20H21N3O2. The molecule has 2 aliphatic rings. The molecule has 0 saturated carbocycles. The quantitative estimate of drug-likeness (QED) is 0.938. The van der Waals surface area contributed by atoms with Gasteiger partial charge in [-0.2, -0.15) is 0 Å². The van der Waals surface area contributed by atoms with Crippen LogP contribution in [0.25, 0.3) is 0 Å². The van der Waals surface area contributed by atoms with Crippen molar-refractivity contribution >= 4 is 23.3 Å². The first kappa shape index (κ1) is 15.7. The highest BCUT2D eigenvalue weighted by molar-refractivity contribution is 5.97. The molecule has 2 aromatic rings. The van der Waals surface area contributed by atoms with Crippen LogP contribution in [0.3, 0.4) is 0 Å². The van der Waals surface area contributed by atoms with Crippen molar-refractivity contribution in [1.82, 2.24) is 5.32 Å². The van der Waals surface area contributed by atoms with Crippen molar-refractivity contribution < 1.29 is 9.59 Å². The van der Waals surface area contributed by atoms with Crippen LogP contribution >= 0.6 is 0 Å². The number of carbonyl (C=O) groups is 2. The number of carbonyl (C=O) groups excluding carboxylic acids is 2. The van der Waals surface area contributed by atoms with Crippen LogP contribution in [0.2, 0.25) is 0 Å². The Hall–Kier alpha value is -2.82. The van der Waals surface area contributed by atoms with Crippen molar-refractivity contribution in [3.05, 3.63) is 59.7 Å². The standard InChI is InChI=1S/C20H21N3O2/c24-19(22-13-10-15-5-1-3-7-17(15)22)9-12-21-20(25)23-14-11-16-6-2-4-8-18(16)23/h1-8H,9-14H2,(H,21,25). The van der Waals surface area contributed by atoms with Gasteiger partial charge in [0, 0.05) is 37.4 Å². The maximum Gasteiger partial charge on any atom is 0.321 e. The van der Waals surface area contributed by atoms with E-state index in [1.807, 2.05) is 41.3 Å². The zero-order valence-corrected chi connectivity index (χ0v) is 14.1. The Kier molecular flexibility index (Phi) is 4.14. The minimum Gasteiger partial charge on any atom is -0.337 e. The number of rotatable bonds is 3. The summed E-state index contributed by atoms with van der Waals surface area (Å²) in [4.78, 5) is 28.5. The van der Waals surface area contributed by atoms with E-state index in [9.17, 15) is 9.59 Å². The molecule has 3 amide bonds. The molecule has 0 radical (unpaired) electrons. The van der Waals surface area contributed by atoms with Gasteiger partial charge in [0.1, 0.15) is 0 Å². The van der Waals surface area contributed by atoms with E-state index in [1.165, 1.54) is 11.1 Å². The minimum absolute atomic E-state index is 0.0621. The topological polar surface area (TPSA) is 52.7 Å². The van der Waals surface area contributed by atoms with Gasteiger partial charge < -0.3 is 10.2 Å². The minimum atomic E-state index is -0.125. The summed E-state index contributed by atoms with van der Waals surface area (Å²) < 4.78 is 0. The zero-order chi connectivity index (χ0) is 17.2. The van der Waals surface area contributed by atoms with E-state index < -0.39 is 0 Å². The van der Waals surface area contributed by atoms with Crippen LogP contribution in [0.15, 0.2) is 48.5 Å². The number of benzene rings is 2. The number of hydrogen-bond donors (Lipinski definition) is 1. The Bertz CT molecular complexity index is 751. The molecule has 0 spiro atoms. The van der Waals surface area contributed by atoms with Crippen LogP contribution in [-0.2, 0) is 17.6 Å². The van der Waals surface area contributed by atoms with Gasteiger partial charge >= 0.3 is 6.03 Å². The van der Waals surface area contributed by atoms with Crippen LogP contribution in [0, 0.1) is 0 Å². The largest absolute Gasteiger partial charge is 0.337 e. The first-order chi connectivity index (χ1) is 12.2. The molecule has 0 saturated heterocycles. The van der Waals surface area contributed by atoms with Crippen molar-refractivity contribution in [2.45, 2.75) is 19.3 Å². The summed E-state index contributed by atoms with van der Waals surface area (Å²) in [6, 6.07) is 15.8. The average Bonchev–Trinajstić information content (AvgIpc) is 3.26. The number of nitrogens with one attached hydrogen (secondary N) is 1. The summed E-state index contributed by atoms with van der Waals surface area (Å²) in [5.41, 5.74) is 4.39. The van der Waals surface area contributed by atoms with Crippen LogP contribution < -0.4 is 15.1 Å². The van der Waals surface area contributed by atoms with Gasteiger partial charge in [-0.1, -0.05) is 36.4 Å². The number of hydrogen-bond acceptors (Lipinski definition) is 2. The van der Waals surface area contributed by atoms with Gasteiger partial charge in [0.15, 0.2) is 0 Å². The Balaban J connectivity index is 1.31. The second-order valence-electron chi connectivity index (χ2n) is 6.44. The summed E-state index contributed by atoms with van der Waals surface area (Å²) in [5, 5.41) is 2.88. The fourth-order valence-electron chi connectivity index (χ4n) is 3.65. The Morgan fingerprint density at radius 1 is 0.840 bits per heavy atom. The molecule has 25 heavy (non-hydrogen) atoms. The van der Waals surface area contributed by atoms with Crippen molar-refractivity contribution in [3.8, 4) is 0 Å². The lowest BCUT2D eigenvalue weighted by atomic mass is 10.2. The Labute approximate surface area is 147 Å². The summed E-state index contributed by atoms with van der Waals surface area (Å²) >= 11 is 0. The summed E-state index contributed by atoms with van der Waals surface area (Å²) in [7, 11) is 0. The van der Waals surface area contributed by atoms with Crippen LogP contribution in [0.5, 0.6) is 0 Å². The van der Waals surface area contributed by atoms with E-state index in [-0.39, 0.29) is 11.9 Å². The lowest BCUT2D eigenvalue weighted by molar-refractivity contribution is -0.118. The first-order valence-electron chi connectivity index (χ1n) is 8.75. The Morgan fingerprint density at radius 3 is 2.08 bits per heavy atom. The van der Waals surface area contributed by atoms with Gasteiger partial charge in [-0.3, -0.25) is 9.69 Å². The van der Waals surface area contributed by atoms with Gasteiger partial charge in [0.25, 0.3) is 0 Å². The zero-order valence-electron chi connectivity index (χ0n) is 14.1. The molecule has 4 rings (SSSR count). The third kappa shape index (κ3) is 2.97. The van der Waals surface area contributed by atoms with E-state index in [4.69, 9.17) is 0 Å². The monoisotopic (exact) mass is 335 g/mol. The third-order valence-electron chi connectivity index (χ3n) is 4.94. The SMILES string of the molecule is O=C(CCNC(=O)N1CCc2ccccc21)N1CCc2ccccc21. The fraction of sp³-hybridized carbons (Fsp3) is 0.300. The maximum absolute atomic E-state index is 12.5. The molecule has 5 nitrogen and oxygen atoms in total. The summed E-state index contributed by atoms with van der Waals surface area (Å²) in [6.07, 6.45) is 2.10. The number of nitrogens with zero attached hydrogens (tertiary/aromatic N) is 2. The van der Waals surface area contributed by atoms with Crippen molar-refractivity contribution in [2.75, 3.05) is 29.4 Å². The first-order valence-corrected chi connectivity index (χ1v) is 8.75. The lowest BCUT2D eigenvalue weighted by Gasteiger charge is -2.20. The highest BCUT2D eigenvalue weighted by atomic mass is 16.2. The van der Waals surface area contributed by atoms with Crippen LogP contribution in [-0.4, -0.2) is 31.6 Å². The molecule has 5 heteroatoms.